The van der Waals surface area contributed by atoms with Crippen LogP contribution < -0.4 is 0 Å². The van der Waals surface area contributed by atoms with Crippen LogP contribution in [-0.2, 0) is 43.2 Å². The number of nitrogens with zero attached hydrogens (tertiary/aromatic N) is 2. The van der Waals surface area contributed by atoms with Crippen LogP contribution in [0.1, 0.15) is 144 Å². The summed E-state index contributed by atoms with van der Waals surface area (Å²) in [5.74, 6) is 0.547. The van der Waals surface area contributed by atoms with Gasteiger partial charge in [-0.1, -0.05) is 218 Å². The molecule has 0 spiro atoms. The van der Waals surface area contributed by atoms with Gasteiger partial charge in [-0.3, -0.25) is 9.78 Å². The van der Waals surface area contributed by atoms with Crippen LogP contribution in [0.25, 0.3) is 77.1 Å². The summed E-state index contributed by atoms with van der Waals surface area (Å²) in [6, 6.07) is 57.8. The molecule has 0 aliphatic rings. The Bertz CT molecular complexity index is 3520. The van der Waals surface area contributed by atoms with Crippen LogP contribution in [-0.4, -0.2) is 20.9 Å². The van der Waals surface area contributed by atoms with E-state index in [1.54, 1.807) is 0 Å². The summed E-state index contributed by atoms with van der Waals surface area (Å²) in [7, 11) is 0. The molecule has 2 heterocycles. The monoisotopic (exact) mass is 1240 g/mol. The smallest absolute Gasteiger partial charge is 0.162 e. The third-order valence-corrected chi connectivity index (χ3v) is 14.9. The van der Waals surface area contributed by atoms with Crippen LogP contribution in [0.4, 0.5) is 0 Å². The van der Waals surface area contributed by atoms with E-state index in [1.165, 1.54) is 72.0 Å². The number of allylic oxidation sites excluding steroid dienone is 2. The Hall–Kier alpha value is -6.52. The maximum Gasteiger partial charge on any atom is 0.162 e. The maximum atomic E-state index is 11.7. The van der Waals surface area contributed by atoms with Crippen molar-refractivity contribution in [3.8, 4) is 44.8 Å². The number of fused-ring (bicyclic) bond motifs is 4. The third-order valence-electron chi connectivity index (χ3n) is 14.9. The molecule has 7 aromatic carbocycles. The number of benzene rings is 7. The van der Waals surface area contributed by atoms with E-state index in [0.717, 1.165) is 77.6 Å². The molecule has 9 rings (SSSR count). The number of aromatic nitrogens is 2. The molecule has 1 N–H and O–H groups in total. The van der Waals surface area contributed by atoms with E-state index in [-0.39, 0.29) is 48.9 Å². The first-order valence-electron chi connectivity index (χ1n) is 28.8. The molecule has 0 amide bonds. The SMILES string of the molecule is CC(C)(C)Cc1ccc(-c2ccc(-c3ccnc(-c4[c-]c5ccccc5c(C(C)(C)C)c4)c3)cc2)cc1.CCC(CC)C(=O)/C=C(\O)C(CC)CC.Cc1[c-]c(-c2nccc3c2ccc2cc(CC(C)(C)C)ccc23)cc(C)c1.[Ir]. The van der Waals surface area contributed by atoms with Gasteiger partial charge in [0.1, 0.15) is 0 Å². The summed E-state index contributed by atoms with van der Waals surface area (Å²) in [4.78, 5) is 21.1. The van der Waals surface area contributed by atoms with Crippen LogP contribution in [0.3, 0.4) is 0 Å². The van der Waals surface area contributed by atoms with Crippen molar-refractivity contribution < 1.29 is 30.0 Å². The van der Waals surface area contributed by atoms with Crippen molar-refractivity contribution in [1.29, 1.82) is 0 Å². The van der Waals surface area contributed by atoms with Gasteiger partial charge in [0.2, 0.25) is 0 Å². The van der Waals surface area contributed by atoms with Gasteiger partial charge in [-0.2, -0.15) is 0 Å². The number of ketones is 1. The fraction of sp³-hybridized carbons (Fsp3) is 0.347. The Morgan fingerprint density at radius 1 is 0.537 bits per heavy atom. The van der Waals surface area contributed by atoms with E-state index in [9.17, 15) is 9.90 Å². The first kappa shape index (κ1) is 62.7. The summed E-state index contributed by atoms with van der Waals surface area (Å²) in [6.07, 6.45) is 10.9. The summed E-state index contributed by atoms with van der Waals surface area (Å²) in [5, 5.41) is 17.2. The molecule has 0 saturated heterocycles. The van der Waals surface area contributed by atoms with Crippen molar-refractivity contribution in [2.75, 3.05) is 0 Å². The maximum absolute atomic E-state index is 11.7. The van der Waals surface area contributed by atoms with Gasteiger partial charge in [0.25, 0.3) is 0 Å². The number of hydrogen-bond acceptors (Lipinski definition) is 4. The molecule has 0 atom stereocenters. The van der Waals surface area contributed by atoms with Crippen molar-refractivity contribution >= 4 is 38.1 Å². The van der Waals surface area contributed by atoms with Crippen LogP contribution in [0.2, 0.25) is 0 Å². The van der Waals surface area contributed by atoms with E-state index < -0.39 is 0 Å². The molecular formula is C75H86IrN2O2-2. The summed E-state index contributed by atoms with van der Waals surface area (Å²) in [6.45, 7) is 32.8. The van der Waals surface area contributed by atoms with E-state index >= 15 is 0 Å². The number of rotatable bonds is 13. The molecule has 4 nitrogen and oxygen atoms in total. The minimum absolute atomic E-state index is 0. The molecule has 0 saturated carbocycles. The Labute approximate surface area is 494 Å². The fourth-order valence-electron chi connectivity index (χ4n) is 10.8. The molecular weight excluding hydrogens is 1150 g/mol. The number of carbonyl (C=O) groups is 1. The van der Waals surface area contributed by atoms with Gasteiger partial charge < -0.3 is 10.1 Å². The van der Waals surface area contributed by atoms with Crippen molar-refractivity contribution in [3.05, 3.63) is 204 Å². The average molecular weight is 1240 g/mol. The Kier molecular flexibility index (Phi) is 21.4. The predicted molar refractivity (Wildman–Crippen MR) is 339 cm³/mol. The first-order valence-corrected chi connectivity index (χ1v) is 28.8. The van der Waals surface area contributed by atoms with Gasteiger partial charge in [0, 0.05) is 56.1 Å². The Morgan fingerprint density at radius 3 is 1.70 bits per heavy atom. The minimum atomic E-state index is 0. The molecule has 419 valence electrons. The zero-order chi connectivity index (χ0) is 57.2. The van der Waals surface area contributed by atoms with Crippen molar-refractivity contribution in [1.82, 2.24) is 9.97 Å². The fourth-order valence-corrected chi connectivity index (χ4v) is 10.8. The molecule has 0 unspecified atom stereocenters. The molecule has 0 aliphatic heterocycles. The zero-order valence-corrected chi connectivity index (χ0v) is 52.9. The normalized spacial score (nSPS) is 12.0. The van der Waals surface area contributed by atoms with Crippen LogP contribution >= 0.6 is 0 Å². The minimum Gasteiger partial charge on any atom is -0.512 e. The van der Waals surface area contributed by atoms with E-state index in [1.807, 2.05) is 40.1 Å². The van der Waals surface area contributed by atoms with E-state index in [2.05, 4.69) is 228 Å². The zero-order valence-electron chi connectivity index (χ0n) is 50.5. The molecule has 9 aromatic rings. The second-order valence-electron chi connectivity index (χ2n) is 25.2. The van der Waals surface area contributed by atoms with Crippen LogP contribution in [0, 0.1) is 48.6 Å². The van der Waals surface area contributed by atoms with Gasteiger partial charge in [0.15, 0.2) is 5.78 Å². The number of pyridine rings is 2. The van der Waals surface area contributed by atoms with Gasteiger partial charge in [-0.25, -0.2) is 0 Å². The Morgan fingerprint density at radius 2 is 1.10 bits per heavy atom. The predicted octanol–water partition coefficient (Wildman–Crippen LogP) is 20.9. The quantitative estimate of drug-likeness (QED) is 0.0541. The molecule has 80 heavy (non-hydrogen) atoms. The number of aliphatic hydroxyl groups excluding tert-OH is 1. The number of aryl methyl sites for hydroxylation is 2. The van der Waals surface area contributed by atoms with Crippen LogP contribution in [0.15, 0.2) is 164 Å². The summed E-state index contributed by atoms with van der Waals surface area (Å²) < 4.78 is 0. The van der Waals surface area contributed by atoms with Crippen molar-refractivity contribution in [2.24, 2.45) is 22.7 Å². The molecule has 0 aliphatic carbocycles. The first-order chi connectivity index (χ1) is 37.5. The second kappa shape index (κ2) is 27.3. The van der Waals surface area contributed by atoms with Gasteiger partial charge in [-0.05, 0) is 128 Å². The van der Waals surface area contributed by atoms with Gasteiger partial charge in [0.05, 0.1) is 5.76 Å². The number of carbonyl (C=O) groups excluding carboxylic acids is 1. The second-order valence-corrected chi connectivity index (χ2v) is 25.2. The molecule has 2 aromatic heterocycles. The Balaban J connectivity index is 0.000000211. The third kappa shape index (κ3) is 16.5. The van der Waals surface area contributed by atoms with Crippen LogP contribution in [0.5, 0.6) is 0 Å². The topological polar surface area (TPSA) is 63.1 Å². The number of aliphatic hydroxyl groups is 1. The largest absolute Gasteiger partial charge is 0.512 e. The van der Waals surface area contributed by atoms with Crippen molar-refractivity contribution in [3.63, 3.8) is 0 Å². The molecule has 5 heteroatoms. The van der Waals surface area contributed by atoms with E-state index in [0.29, 0.717) is 10.8 Å². The molecule has 1 radical (unpaired) electrons. The number of hydrogen-bond donors (Lipinski definition) is 1. The molecule has 0 bridgehead atoms. The summed E-state index contributed by atoms with van der Waals surface area (Å²) in [5.41, 5.74) is 16.0. The van der Waals surface area contributed by atoms with E-state index in [4.69, 9.17) is 9.97 Å². The van der Waals surface area contributed by atoms with Crippen molar-refractivity contribution in [2.45, 2.75) is 148 Å². The average Bonchev–Trinajstić information content (AvgIpc) is 3.41. The standard InChI is InChI=1S/C36H36N.C26H26N.C13H24O2.Ir/c1-35(2,3)24-25-11-13-26(14-12-25)27-15-17-28(18-16-27)29-19-20-37-34(23-29)31-21-30-9-7-8-10-32(30)33(22-31)36(4,5)6;1-17-12-18(2)14-21(13-17)25-24-9-7-20-15-19(16-26(3,4)5)6-8-22(20)23(24)10-11-27-25;1-5-10(6-2)12(14)9-13(15)11(7-3)8-4;/h7-20,22-23H,24H2,1-6H3;6-13,15H,16H2,1-5H3;9-11,14H,5-8H2,1-4H3;/q2*-1;;/b;;12-9-;. The van der Waals surface area contributed by atoms with Gasteiger partial charge in [-0.15, -0.1) is 64.0 Å². The molecule has 0 fully saturated rings. The summed E-state index contributed by atoms with van der Waals surface area (Å²) >= 11 is 0. The van der Waals surface area contributed by atoms with Gasteiger partial charge >= 0.3 is 0 Å².